The second kappa shape index (κ2) is 3.87. The Kier molecular flexibility index (Phi) is 2.68. The van der Waals surface area contributed by atoms with Crippen LogP contribution in [-0.4, -0.2) is 41.4 Å². The molecule has 8 heteroatoms. The van der Waals surface area contributed by atoms with Gasteiger partial charge >= 0.3 is 0 Å². The highest BCUT2D eigenvalue weighted by Crippen LogP contribution is 2.25. The molecule has 1 aromatic heterocycles. The van der Waals surface area contributed by atoms with Crippen LogP contribution in [-0.2, 0) is 14.8 Å². The van der Waals surface area contributed by atoms with Gasteiger partial charge in [0.1, 0.15) is 10.9 Å². The molecule has 16 heavy (non-hydrogen) atoms. The minimum absolute atomic E-state index is 0.0562. The lowest BCUT2D eigenvalue weighted by Gasteiger charge is -2.20. The van der Waals surface area contributed by atoms with E-state index in [-0.39, 0.29) is 4.90 Å². The lowest BCUT2D eigenvalue weighted by molar-refractivity contribution is -0.121. The molecule has 0 bridgehead atoms. The first-order chi connectivity index (χ1) is 7.53. The Labute approximate surface area is 92.7 Å². The van der Waals surface area contributed by atoms with E-state index in [4.69, 9.17) is 5.73 Å². The summed E-state index contributed by atoms with van der Waals surface area (Å²) < 4.78 is 25.3. The zero-order valence-corrected chi connectivity index (χ0v) is 9.27. The van der Waals surface area contributed by atoms with Gasteiger partial charge in [0.25, 0.3) is 0 Å². The smallest absolute Gasteiger partial charge is 0.246 e. The summed E-state index contributed by atoms with van der Waals surface area (Å²) in [6.07, 6.45) is 3.62. The Morgan fingerprint density at radius 3 is 2.94 bits per heavy atom. The van der Waals surface area contributed by atoms with Gasteiger partial charge in [-0.05, 0) is 12.8 Å². The van der Waals surface area contributed by atoms with E-state index in [2.05, 4.69) is 10.2 Å². The van der Waals surface area contributed by atoms with Crippen molar-refractivity contribution in [2.24, 2.45) is 5.73 Å². The number of nitrogens with zero attached hydrogens (tertiary/aromatic N) is 2. The van der Waals surface area contributed by atoms with Crippen LogP contribution < -0.4 is 5.73 Å². The average Bonchev–Trinajstić information content (AvgIpc) is 2.89. The summed E-state index contributed by atoms with van der Waals surface area (Å²) in [5.74, 6) is -0.607. The van der Waals surface area contributed by atoms with Crippen LogP contribution in [0.4, 0.5) is 0 Å². The van der Waals surface area contributed by atoms with Gasteiger partial charge in [-0.1, -0.05) is 0 Å². The van der Waals surface area contributed by atoms with Crippen molar-refractivity contribution >= 4 is 15.9 Å². The predicted molar refractivity (Wildman–Crippen MR) is 54.7 cm³/mol. The molecule has 2 rings (SSSR count). The molecular weight excluding hydrogens is 232 g/mol. The highest BCUT2D eigenvalue weighted by molar-refractivity contribution is 7.89. The summed E-state index contributed by atoms with van der Waals surface area (Å²) in [6, 6.07) is -0.736. The molecule has 1 fully saturated rings. The standard InChI is InChI=1S/C8H12N4O3S/c9-8(13)7-2-1-3-12(7)16(14,15)6-4-10-11-5-6/h4-5,7H,1-3H2,(H2,9,13)(H,10,11). The quantitative estimate of drug-likeness (QED) is 0.714. The number of nitrogens with two attached hydrogens (primary N) is 1. The Morgan fingerprint density at radius 2 is 2.38 bits per heavy atom. The SMILES string of the molecule is NC(=O)C1CCCN1S(=O)(=O)c1cn[nH]c1. The third-order valence-corrected chi connectivity index (χ3v) is 4.49. The molecule has 1 amide bonds. The van der Waals surface area contributed by atoms with Crippen LogP contribution in [0.1, 0.15) is 12.8 Å². The minimum Gasteiger partial charge on any atom is -0.368 e. The lowest BCUT2D eigenvalue weighted by Crippen LogP contribution is -2.43. The first-order valence-corrected chi connectivity index (χ1v) is 6.27. The lowest BCUT2D eigenvalue weighted by atomic mass is 10.2. The van der Waals surface area contributed by atoms with E-state index < -0.39 is 22.0 Å². The van der Waals surface area contributed by atoms with Crippen molar-refractivity contribution in [3.05, 3.63) is 12.4 Å². The van der Waals surface area contributed by atoms with Crippen LogP contribution in [0.5, 0.6) is 0 Å². The maximum Gasteiger partial charge on any atom is 0.246 e. The first-order valence-electron chi connectivity index (χ1n) is 4.83. The van der Waals surface area contributed by atoms with Crippen LogP contribution in [0, 0.1) is 0 Å². The number of H-pyrrole nitrogens is 1. The van der Waals surface area contributed by atoms with E-state index in [1.807, 2.05) is 0 Å². The van der Waals surface area contributed by atoms with E-state index in [1.54, 1.807) is 0 Å². The second-order valence-corrected chi connectivity index (χ2v) is 5.50. The van der Waals surface area contributed by atoms with Crippen molar-refractivity contribution in [2.45, 2.75) is 23.8 Å². The van der Waals surface area contributed by atoms with E-state index in [0.717, 1.165) is 4.31 Å². The number of sulfonamides is 1. The van der Waals surface area contributed by atoms with Gasteiger partial charge in [0.2, 0.25) is 15.9 Å². The topological polar surface area (TPSA) is 109 Å². The van der Waals surface area contributed by atoms with Crippen molar-refractivity contribution in [1.82, 2.24) is 14.5 Å². The van der Waals surface area contributed by atoms with Gasteiger partial charge in [-0.3, -0.25) is 9.89 Å². The predicted octanol–water partition coefficient (Wildman–Crippen LogP) is -0.952. The largest absolute Gasteiger partial charge is 0.368 e. The van der Waals surface area contributed by atoms with E-state index in [1.165, 1.54) is 12.4 Å². The van der Waals surface area contributed by atoms with Crippen molar-refractivity contribution in [3.8, 4) is 0 Å². The fourth-order valence-corrected chi connectivity index (χ4v) is 3.40. The van der Waals surface area contributed by atoms with Gasteiger partial charge in [-0.15, -0.1) is 0 Å². The number of carbonyl (C=O) groups excluding carboxylic acids is 1. The highest BCUT2D eigenvalue weighted by Gasteiger charge is 2.38. The monoisotopic (exact) mass is 244 g/mol. The molecule has 1 aliphatic heterocycles. The molecule has 1 unspecified atom stereocenters. The molecule has 0 aliphatic carbocycles. The molecule has 88 valence electrons. The van der Waals surface area contributed by atoms with Crippen LogP contribution in [0.25, 0.3) is 0 Å². The number of rotatable bonds is 3. The summed E-state index contributed by atoms with van der Waals surface area (Å²) >= 11 is 0. The number of amides is 1. The second-order valence-electron chi connectivity index (χ2n) is 3.61. The van der Waals surface area contributed by atoms with Crippen molar-refractivity contribution in [1.29, 1.82) is 0 Å². The van der Waals surface area contributed by atoms with Crippen LogP contribution in [0.15, 0.2) is 17.3 Å². The molecule has 0 aromatic carbocycles. The van der Waals surface area contributed by atoms with Gasteiger partial charge in [0.15, 0.2) is 0 Å². The maximum atomic E-state index is 12.1. The Hall–Kier alpha value is -1.41. The van der Waals surface area contributed by atoms with Gasteiger partial charge in [0, 0.05) is 12.7 Å². The Bertz CT molecular complexity index is 481. The van der Waals surface area contributed by atoms with Gasteiger partial charge in [0.05, 0.1) is 6.20 Å². The number of nitrogens with one attached hydrogen (secondary N) is 1. The number of hydrogen-bond acceptors (Lipinski definition) is 4. The first kappa shape index (κ1) is 11.1. The molecule has 3 N–H and O–H groups in total. The van der Waals surface area contributed by atoms with Crippen LogP contribution in [0.2, 0.25) is 0 Å². The van der Waals surface area contributed by atoms with E-state index in [0.29, 0.717) is 19.4 Å². The summed E-state index contributed by atoms with van der Waals surface area (Å²) in [6.45, 7) is 0.321. The van der Waals surface area contributed by atoms with Crippen LogP contribution in [0.3, 0.4) is 0 Å². The summed E-state index contributed by atoms with van der Waals surface area (Å²) in [4.78, 5) is 11.2. The van der Waals surface area contributed by atoms with Crippen molar-refractivity contribution in [3.63, 3.8) is 0 Å². The summed E-state index contributed by atoms with van der Waals surface area (Å²) in [7, 11) is -3.65. The molecule has 2 heterocycles. The molecule has 1 aromatic rings. The summed E-state index contributed by atoms with van der Waals surface area (Å²) in [5, 5.41) is 6.01. The average molecular weight is 244 g/mol. The van der Waals surface area contributed by atoms with Gasteiger partial charge in [-0.25, -0.2) is 8.42 Å². The third-order valence-electron chi connectivity index (χ3n) is 2.61. The van der Waals surface area contributed by atoms with Crippen molar-refractivity contribution in [2.75, 3.05) is 6.54 Å². The summed E-state index contributed by atoms with van der Waals surface area (Å²) in [5.41, 5.74) is 5.17. The minimum atomic E-state index is -3.65. The van der Waals surface area contributed by atoms with Crippen LogP contribution >= 0.6 is 0 Å². The third kappa shape index (κ3) is 1.69. The maximum absolute atomic E-state index is 12.1. The number of carbonyl (C=O) groups is 1. The Morgan fingerprint density at radius 1 is 1.62 bits per heavy atom. The molecule has 1 atom stereocenters. The van der Waals surface area contributed by atoms with Gasteiger partial charge in [-0.2, -0.15) is 9.40 Å². The number of aromatic nitrogens is 2. The fraction of sp³-hybridized carbons (Fsp3) is 0.500. The number of hydrogen-bond donors (Lipinski definition) is 2. The van der Waals surface area contributed by atoms with Gasteiger partial charge < -0.3 is 5.73 Å². The molecular formula is C8H12N4O3S. The number of aromatic amines is 1. The molecule has 0 saturated carbocycles. The Balaban J connectivity index is 2.34. The molecule has 0 radical (unpaired) electrons. The highest BCUT2D eigenvalue weighted by atomic mass is 32.2. The van der Waals surface area contributed by atoms with E-state index >= 15 is 0 Å². The molecule has 0 spiro atoms. The fourth-order valence-electron chi connectivity index (χ4n) is 1.83. The van der Waals surface area contributed by atoms with E-state index in [9.17, 15) is 13.2 Å². The molecule has 1 aliphatic rings. The number of primary amides is 1. The molecule has 7 nitrogen and oxygen atoms in total. The van der Waals surface area contributed by atoms with Crippen molar-refractivity contribution < 1.29 is 13.2 Å². The zero-order chi connectivity index (χ0) is 11.8. The zero-order valence-electron chi connectivity index (χ0n) is 8.46. The molecule has 1 saturated heterocycles. The normalized spacial score (nSPS) is 22.4.